The summed E-state index contributed by atoms with van der Waals surface area (Å²) < 4.78 is 44.3. The molecule has 174 valence electrons. The van der Waals surface area contributed by atoms with Crippen molar-refractivity contribution in [1.29, 1.82) is 0 Å². The maximum atomic E-state index is 12.9. The smallest absolute Gasteiger partial charge is 0.417 e. The van der Waals surface area contributed by atoms with Crippen molar-refractivity contribution in [1.82, 2.24) is 4.98 Å². The molecule has 0 aliphatic rings. The third kappa shape index (κ3) is 7.37. The maximum absolute atomic E-state index is 12.9. The molecular formula is C21H17ClF3N4O4-. The number of nitrogens with zero attached hydrogens (tertiary/aromatic N) is 1. The van der Waals surface area contributed by atoms with Crippen LogP contribution in [0.25, 0.3) is 5.73 Å². The molecule has 12 heteroatoms. The molecule has 0 aliphatic carbocycles. The van der Waals surface area contributed by atoms with Gasteiger partial charge < -0.3 is 26.2 Å². The van der Waals surface area contributed by atoms with Crippen LogP contribution in [0.5, 0.6) is 11.5 Å². The minimum atomic E-state index is -4.65. The predicted molar refractivity (Wildman–Crippen MR) is 117 cm³/mol. The number of carbonyl (C=O) groups is 2. The zero-order valence-corrected chi connectivity index (χ0v) is 17.7. The van der Waals surface area contributed by atoms with Gasteiger partial charge in [0.15, 0.2) is 5.69 Å². The summed E-state index contributed by atoms with van der Waals surface area (Å²) in [5.41, 5.74) is 4.77. The van der Waals surface area contributed by atoms with Crippen LogP contribution in [0.1, 0.15) is 16.1 Å². The molecule has 0 fully saturated rings. The number of urea groups is 1. The fraction of sp³-hybridized carbons (Fsp3) is 0.0952. The van der Waals surface area contributed by atoms with E-state index in [1.807, 2.05) is 0 Å². The minimum absolute atomic E-state index is 0.0823. The number of amides is 2. The highest BCUT2D eigenvalue weighted by Gasteiger charge is 2.33. The number of carboxylic acid groups (broad SMARTS) is 1. The first-order chi connectivity index (χ1) is 15.6. The lowest BCUT2D eigenvalue weighted by Gasteiger charge is -2.12. The molecule has 33 heavy (non-hydrogen) atoms. The molecule has 0 spiro atoms. The van der Waals surface area contributed by atoms with E-state index >= 15 is 0 Å². The molecule has 1 aromatic heterocycles. The van der Waals surface area contributed by atoms with E-state index in [-0.39, 0.29) is 17.1 Å². The third-order valence-corrected chi connectivity index (χ3v) is 4.16. The second-order valence-electron chi connectivity index (χ2n) is 6.08. The van der Waals surface area contributed by atoms with E-state index in [2.05, 4.69) is 15.6 Å². The third-order valence-electron chi connectivity index (χ3n) is 3.83. The number of nitrogens with one attached hydrogen (secondary N) is 3. The summed E-state index contributed by atoms with van der Waals surface area (Å²) in [6.07, 6.45) is -3.36. The van der Waals surface area contributed by atoms with E-state index in [0.717, 1.165) is 12.1 Å². The Morgan fingerprint density at radius 2 is 1.58 bits per heavy atom. The molecule has 4 N–H and O–H groups in total. The Balaban J connectivity index is 0.00000187. The van der Waals surface area contributed by atoms with Crippen LogP contribution in [0.4, 0.5) is 29.3 Å². The fourth-order valence-electron chi connectivity index (χ4n) is 2.45. The molecule has 3 aromatic rings. The Labute approximate surface area is 191 Å². The molecular weight excluding hydrogens is 465 g/mol. The number of hydrogen-bond acceptors (Lipinski definition) is 4. The van der Waals surface area contributed by atoms with Gasteiger partial charge in [-0.15, -0.1) is 0 Å². The topological polar surface area (TPSA) is 124 Å². The summed E-state index contributed by atoms with van der Waals surface area (Å²) in [5.74, 6) is -0.575. The molecule has 0 radical (unpaired) electrons. The van der Waals surface area contributed by atoms with Crippen LogP contribution in [0.3, 0.4) is 0 Å². The molecule has 2 aromatic carbocycles. The molecule has 3 rings (SSSR count). The molecule has 0 atom stereocenters. The molecule has 0 bridgehead atoms. The second-order valence-corrected chi connectivity index (χ2v) is 6.49. The predicted octanol–water partition coefficient (Wildman–Crippen LogP) is 6.56. The number of hydrogen-bond donors (Lipinski definition) is 3. The van der Waals surface area contributed by atoms with Crippen LogP contribution >= 0.6 is 11.6 Å². The summed E-state index contributed by atoms with van der Waals surface area (Å²) in [5, 5.41) is 13.2. The quantitative estimate of drug-likeness (QED) is 0.380. The number of alkyl halides is 3. The number of aromatic nitrogens is 1. The van der Waals surface area contributed by atoms with Gasteiger partial charge in [-0.05, 0) is 48.5 Å². The second kappa shape index (κ2) is 11.2. The van der Waals surface area contributed by atoms with Gasteiger partial charge in [0.05, 0.1) is 10.6 Å². The highest BCUT2D eigenvalue weighted by molar-refractivity contribution is 6.31. The Bertz CT molecular complexity index is 1130. The van der Waals surface area contributed by atoms with Crippen molar-refractivity contribution in [2.45, 2.75) is 6.18 Å². The number of carboxylic acids is 1. The molecule has 8 nitrogen and oxygen atoms in total. The number of anilines is 2. The van der Waals surface area contributed by atoms with Crippen LogP contribution in [0.2, 0.25) is 5.02 Å². The molecule has 1 heterocycles. The van der Waals surface area contributed by atoms with E-state index < -0.39 is 28.8 Å². The van der Waals surface area contributed by atoms with Crippen molar-refractivity contribution in [3.8, 4) is 11.5 Å². The summed E-state index contributed by atoms with van der Waals surface area (Å²) in [6, 6.07) is 11.0. The Morgan fingerprint density at radius 1 is 0.970 bits per heavy atom. The standard InChI is InChI=1S/C20H13ClF3N3O4.CH4N/c21-16-6-3-12(9-15(16)20(22,23)24)27-19(30)26-11-1-4-13(5-2-11)31-14-7-8-25-17(10-14)18(28)29;1-2/h1-10H,(H,28,29)(H2,26,27,30);2H,1H3/q;-1. The first kappa shape index (κ1) is 25.4. The number of pyridine rings is 1. The zero-order valence-electron chi connectivity index (χ0n) is 16.9. The lowest BCUT2D eigenvalue weighted by atomic mass is 10.2. The Morgan fingerprint density at radius 3 is 2.18 bits per heavy atom. The lowest BCUT2D eigenvalue weighted by Crippen LogP contribution is -2.19. The van der Waals surface area contributed by atoms with E-state index in [9.17, 15) is 22.8 Å². The number of halogens is 4. The van der Waals surface area contributed by atoms with Gasteiger partial charge in [-0.1, -0.05) is 11.6 Å². The van der Waals surface area contributed by atoms with Crippen LogP contribution < -0.4 is 15.4 Å². The average Bonchev–Trinajstić information content (AvgIpc) is 2.77. The molecule has 0 saturated heterocycles. The molecule has 0 saturated carbocycles. The number of ether oxygens (including phenoxy) is 1. The van der Waals surface area contributed by atoms with Gasteiger partial charge in [0.25, 0.3) is 0 Å². The van der Waals surface area contributed by atoms with E-state index in [0.29, 0.717) is 11.4 Å². The van der Waals surface area contributed by atoms with Gasteiger partial charge in [0.1, 0.15) is 11.5 Å². The van der Waals surface area contributed by atoms with Gasteiger partial charge in [-0.3, -0.25) is 0 Å². The van der Waals surface area contributed by atoms with Gasteiger partial charge in [-0.25, -0.2) is 14.6 Å². The fourth-order valence-corrected chi connectivity index (χ4v) is 2.67. The van der Waals surface area contributed by atoms with Gasteiger partial charge >= 0.3 is 18.2 Å². The van der Waals surface area contributed by atoms with E-state index in [4.69, 9.17) is 27.2 Å². The Kier molecular flexibility index (Phi) is 8.60. The molecule has 2 amide bonds. The summed E-state index contributed by atoms with van der Waals surface area (Å²) in [4.78, 5) is 26.7. The number of rotatable bonds is 5. The summed E-state index contributed by atoms with van der Waals surface area (Å²) >= 11 is 5.55. The highest BCUT2D eigenvalue weighted by atomic mass is 35.5. The minimum Gasteiger partial charge on any atom is -0.680 e. The monoisotopic (exact) mass is 481 g/mol. The van der Waals surface area contributed by atoms with E-state index in [1.54, 1.807) is 0 Å². The number of aromatic carboxylic acids is 1. The SMILES string of the molecule is C[NH-].O=C(Nc1ccc(Oc2ccnc(C(=O)O)c2)cc1)Nc1ccc(Cl)c(C(F)(F)F)c1. The number of carbonyl (C=O) groups excluding carboxylic acids is 1. The van der Waals surface area contributed by atoms with Crippen molar-refractivity contribution in [2.24, 2.45) is 0 Å². The largest absolute Gasteiger partial charge is 0.680 e. The van der Waals surface area contributed by atoms with Crippen molar-refractivity contribution < 1.29 is 32.6 Å². The van der Waals surface area contributed by atoms with Gasteiger partial charge in [0, 0.05) is 23.6 Å². The lowest BCUT2D eigenvalue weighted by molar-refractivity contribution is -0.137. The van der Waals surface area contributed by atoms with Crippen LogP contribution in [0.15, 0.2) is 60.8 Å². The first-order valence-electron chi connectivity index (χ1n) is 9.04. The number of benzene rings is 2. The summed E-state index contributed by atoms with van der Waals surface area (Å²) in [6.45, 7) is 0. The van der Waals surface area contributed by atoms with Gasteiger partial charge in [0.2, 0.25) is 0 Å². The molecule has 0 aliphatic heterocycles. The van der Waals surface area contributed by atoms with Gasteiger partial charge in [-0.2, -0.15) is 20.2 Å². The highest BCUT2D eigenvalue weighted by Crippen LogP contribution is 2.36. The maximum Gasteiger partial charge on any atom is 0.417 e. The normalized spacial score (nSPS) is 10.5. The van der Waals surface area contributed by atoms with Crippen molar-refractivity contribution >= 4 is 35.0 Å². The van der Waals surface area contributed by atoms with Crippen molar-refractivity contribution in [3.63, 3.8) is 0 Å². The summed E-state index contributed by atoms with van der Waals surface area (Å²) in [7, 11) is 1.25. The van der Waals surface area contributed by atoms with Crippen LogP contribution in [-0.4, -0.2) is 29.1 Å². The Hall–Kier alpha value is -3.83. The van der Waals surface area contributed by atoms with Crippen LogP contribution in [-0.2, 0) is 6.18 Å². The van der Waals surface area contributed by atoms with E-state index in [1.165, 1.54) is 55.7 Å². The van der Waals surface area contributed by atoms with Crippen molar-refractivity contribution in [3.05, 3.63) is 82.8 Å². The van der Waals surface area contributed by atoms with Crippen molar-refractivity contribution in [2.75, 3.05) is 17.7 Å². The average molecular weight is 482 g/mol. The first-order valence-corrected chi connectivity index (χ1v) is 9.41. The molecule has 0 unspecified atom stereocenters. The van der Waals surface area contributed by atoms with Crippen LogP contribution in [0, 0.1) is 0 Å². The zero-order chi connectivity index (χ0) is 24.6.